The molecule has 4 heteroatoms. The minimum atomic E-state index is -0.896. The Hall–Kier alpha value is -1.50. The van der Waals surface area contributed by atoms with Crippen LogP contribution in [0.3, 0.4) is 0 Å². The van der Waals surface area contributed by atoms with Crippen molar-refractivity contribution >= 4 is 11.9 Å². The molecule has 1 aliphatic heterocycles. The number of carbonyl (C=O) groups excluding carboxylic acids is 1. The first kappa shape index (κ1) is 13.6. The van der Waals surface area contributed by atoms with Crippen LogP contribution in [0.4, 0.5) is 0 Å². The molecule has 0 radical (unpaired) electrons. The number of likely N-dealkylation sites (tertiary alicyclic amines) is 1. The molecule has 1 heterocycles. The highest BCUT2D eigenvalue weighted by atomic mass is 16.4. The van der Waals surface area contributed by atoms with E-state index in [9.17, 15) is 9.59 Å². The fraction of sp³-hybridized carbons (Fsp3) is 0.692. The molecule has 0 aliphatic carbocycles. The average Bonchev–Trinajstić information content (AvgIpc) is 2.66. The van der Waals surface area contributed by atoms with Crippen LogP contribution in [0.5, 0.6) is 0 Å². The number of rotatable bonds is 5. The summed E-state index contributed by atoms with van der Waals surface area (Å²) in [6, 6.07) is -0.643. The van der Waals surface area contributed by atoms with Gasteiger partial charge in [0, 0.05) is 19.4 Å². The quantitative estimate of drug-likeness (QED) is 0.582. The summed E-state index contributed by atoms with van der Waals surface area (Å²) in [4.78, 5) is 24.5. The Morgan fingerprint density at radius 3 is 2.76 bits per heavy atom. The minimum Gasteiger partial charge on any atom is -0.480 e. The molecule has 1 rings (SSSR count). The summed E-state index contributed by atoms with van der Waals surface area (Å²) in [5, 5.41) is 9.09. The number of carboxylic acid groups (broad SMARTS) is 1. The molecule has 1 amide bonds. The maximum atomic E-state index is 11.9. The van der Waals surface area contributed by atoms with Gasteiger partial charge >= 0.3 is 5.97 Å². The highest BCUT2D eigenvalue weighted by Crippen LogP contribution is 2.25. The topological polar surface area (TPSA) is 57.6 Å². The fourth-order valence-corrected chi connectivity index (χ4v) is 2.25. The van der Waals surface area contributed by atoms with E-state index in [0.717, 1.165) is 19.3 Å². The van der Waals surface area contributed by atoms with Crippen molar-refractivity contribution in [3.8, 4) is 12.3 Å². The van der Waals surface area contributed by atoms with Crippen LogP contribution >= 0.6 is 0 Å². The number of aliphatic carboxylic acids is 1. The van der Waals surface area contributed by atoms with Crippen LogP contribution in [0.15, 0.2) is 0 Å². The van der Waals surface area contributed by atoms with Crippen molar-refractivity contribution in [3.05, 3.63) is 0 Å². The lowest BCUT2D eigenvalue weighted by molar-refractivity contribution is -0.149. The van der Waals surface area contributed by atoms with Crippen molar-refractivity contribution in [2.45, 2.75) is 45.1 Å². The second kappa shape index (κ2) is 6.29. The van der Waals surface area contributed by atoms with E-state index in [2.05, 4.69) is 5.92 Å². The number of carbonyl (C=O) groups is 2. The van der Waals surface area contributed by atoms with E-state index < -0.39 is 12.0 Å². The molecule has 1 fully saturated rings. The number of amides is 1. The fourth-order valence-electron chi connectivity index (χ4n) is 2.25. The smallest absolute Gasteiger partial charge is 0.326 e. The van der Waals surface area contributed by atoms with E-state index in [1.165, 1.54) is 4.90 Å². The van der Waals surface area contributed by atoms with Gasteiger partial charge in [-0.1, -0.05) is 6.92 Å². The Kier molecular flexibility index (Phi) is 5.02. The lowest BCUT2D eigenvalue weighted by Crippen LogP contribution is -2.42. The first-order valence-corrected chi connectivity index (χ1v) is 6.03. The first-order chi connectivity index (χ1) is 8.07. The lowest BCUT2D eigenvalue weighted by atomic mass is 10.0. The van der Waals surface area contributed by atoms with Gasteiger partial charge in [0.2, 0.25) is 5.91 Å². The van der Waals surface area contributed by atoms with E-state index in [1.807, 2.05) is 6.92 Å². The van der Waals surface area contributed by atoms with E-state index in [0.29, 0.717) is 19.4 Å². The van der Waals surface area contributed by atoms with Gasteiger partial charge in [0.25, 0.3) is 0 Å². The predicted molar refractivity (Wildman–Crippen MR) is 64.2 cm³/mol. The minimum absolute atomic E-state index is 0.0437. The molecule has 2 unspecified atom stereocenters. The zero-order chi connectivity index (χ0) is 12.8. The van der Waals surface area contributed by atoms with Crippen LogP contribution in [0.1, 0.15) is 39.0 Å². The maximum Gasteiger partial charge on any atom is 0.326 e. The summed E-state index contributed by atoms with van der Waals surface area (Å²) >= 11 is 0. The molecule has 0 saturated carbocycles. The van der Waals surface area contributed by atoms with Gasteiger partial charge in [-0.15, -0.1) is 12.3 Å². The summed E-state index contributed by atoms with van der Waals surface area (Å²) in [5.41, 5.74) is 0. The van der Waals surface area contributed by atoms with E-state index in [-0.39, 0.29) is 11.8 Å². The third-order valence-electron chi connectivity index (χ3n) is 3.24. The molecule has 94 valence electrons. The van der Waals surface area contributed by atoms with Crippen LogP contribution in [-0.4, -0.2) is 34.5 Å². The van der Waals surface area contributed by atoms with Gasteiger partial charge in [0.1, 0.15) is 6.04 Å². The Morgan fingerprint density at radius 2 is 2.18 bits per heavy atom. The summed E-state index contributed by atoms with van der Waals surface area (Å²) < 4.78 is 0. The molecule has 2 atom stereocenters. The van der Waals surface area contributed by atoms with E-state index in [1.54, 1.807) is 0 Å². The third kappa shape index (κ3) is 3.48. The van der Waals surface area contributed by atoms with Gasteiger partial charge in [-0.05, 0) is 25.2 Å². The van der Waals surface area contributed by atoms with Gasteiger partial charge in [-0.25, -0.2) is 4.79 Å². The average molecular weight is 237 g/mol. The van der Waals surface area contributed by atoms with Crippen LogP contribution in [-0.2, 0) is 9.59 Å². The Morgan fingerprint density at radius 1 is 1.47 bits per heavy atom. The summed E-state index contributed by atoms with van der Waals surface area (Å²) in [5.74, 6) is 1.62. The molecule has 1 saturated heterocycles. The monoisotopic (exact) mass is 237 g/mol. The molecule has 17 heavy (non-hydrogen) atoms. The predicted octanol–water partition coefficient (Wildman–Crippen LogP) is 1.50. The molecule has 0 bridgehead atoms. The van der Waals surface area contributed by atoms with Crippen molar-refractivity contribution in [2.75, 3.05) is 6.54 Å². The SMILES string of the molecule is C#CCCCCC(=O)N1CCC(C)C1C(=O)O. The van der Waals surface area contributed by atoms with Crippen LogP contribution in [0, 0.1) is 18.3 Å². The normalized spacial score (nSPS) is 23.4. The largest absolute Gasteiger partial charge is 0.480 e. The highest BCUT2D eigenvalue weighted by molar-refractivity contribution is 5.84. The molecule has 0 aromatic rings. The lowest BCUT2D eigenvalue weighted by Gasteiger charge is -2.23. The van der Waals surface area contributed by atoms with Gasteiger partial charge < -0.3 is 10.0 Å². The van der Waals surface area contributed by atoms with Crippen molar-refractivity contribution in [3.63, 3.8) is 0 Å². The number of hydrogen-bond donors (Lipinski definition) is 1. The Labute approximate surface area is 102 Å². The third-order valence-corrected chi connectivity index (χ3v) is 3.24. The summed E-state index contributed by atoms with van der Waals surface area (Å²) in [7, 11) is 0. The highest BCUT2D eigenvalue weighted by Gasteiger charge is 2.38. The van der Waals surface area contributed by atoms with Gasteiger partial charge in [-0.3, -0.25) is 4.79 Å². The number of carboxylic acids is 1. The summed E-state index contributed by atoms with van der Waals surface area (Å²) in [6.07, 6.45) is 8.53. The van der Waals surface area contributed by atoms with E-state index >= 15 is 0 Å². The number of unbranched alkanes of at least 4 members (excludes halogenated alkanes) is 2. The molecule has 0 spiro atoms. The van der Waals surface area contributed by atoms with Gasteiger partial charge in [0.05, 0.1) is 0 Å². The van der Waals surface area contributed by atoms with Crippen molar-refractivity contribution in [1.29, 1.82) is 0 Å². The maximum absolute atomic E-state index is 11.9. The number of terminal acetylenes is 1. The standard InChI is InChI=1S/C13H19NO3/c1-3-4-5-6-7-11(15)14-9-8-10(2)12(14)13(16)17/h1,10,12H,4-9H2,2H3,(H,16,17). The molecule has 4 nitrogen and oxygen atoms in total. The van der Waals surface area contributed by atoms with E-state index in [4.69, 9.17) is 11.5 Å². The molecule has 1 N–H and O–H groups in total. The van der Waals surface area contributed by atoms with Crippen molar-refractivity contribution < 1.29 is 14.7 Å². The molecule has 0 aromatic heterocycles. The van der Waals surface area contributed by atoms with Crippen molar-refractivity contribution in [2.24, 2.45) is 5.92 Å². The van der Waals surface area contributed by atoms with Crippen LogP contribution in [0.2, 0.25) is 0 Å². The first-order valence-electron chi connectivity index (χ1n) is 6.03. The second-order valence-electron chi connectivity index (χ2n) is 4.55. The Balaban J connectivity index is 2.46. The zero-order valence-electron chi connectivity index (χ0n) is 10.2. The second-order valence-corrected chi connectivity index (χ2v) is 4.55. The van der Waals surface area contributed by atoms with Crippen LogP contribution < -0.4 is 0 Å². The number of hydrogen-bond acceptors (Lipinski definition) is 2. The van der Waals surface area contributed by atoms with Gasteiger partial charge in [0.15, 0.2) is 0 Å². The van der Waals surface area contributed by atoms with Crippen molar-refractivity contribution in [1.82, 2.24) is 4.90 Å². The molecular formula is C13H19NO3. The van der Waals surface area contributed by atoms with Gasteiger partial charge in [-0.2, -0.15) is 0 Å². The molecule has 0 aromatic carbocycles. The van der Waals surface area contributed by atoms with Crippen LogP contribution in [0.25, 0.3) is 0 Å². The summed E-state index contributed by atoms with van der Waals surface area (Å²) in [6.45, 7) is 2.44. The zero-order valence-corrected chi connectivity index (χ0v) is 10.2. The number of nitrogens with zero attached hydrogens (tertiary/aromatic N) is 1. The molecular weight excluding hydrogens is 218 g/mol. The molecule has 1 aliphatic rings. The Bertz CT molecular complexity index is 332.